The molecule has 4 nitrogen and oxygen atoms in total. The lowest BCUT2D eigenvalue weighted by Crippen LogP contribution is -2.17. The average Bonchev–Trinajstić information content (AvgIpc) is 2.74. The van der Waals surface area contributed by atoms with Gasteiger partial charge in [0.1, 0.15) is 0 Å². The van der Waals surface area contributed by atoms with Crippen LogP contribution in [0.3, 0.4) is 0 Å². The molecule has 4 heteroatoms. The number of anilines is 1. The fourth-order valence-corrected chi connectivity index (χ4v) is 2.55. The summed E-state index contributed by atoms with van der Waals surface area (Å²) in [5.74, 6) is -1.13. The van der Waals surface area contributed by atoms with E-state index in [2.05, 4.69) is 11.4 Å². The molecule has 19 heavy (non-hydrogen) atoms. The van der Waals surface area contributed by atoms with Gasteiger partial charge in [-0.25, -0.2) is 0 Å². The van der Waals surface area contributed by atoms with Crippen molar-refractivity contribution in [3.63, 3.8) is 0 Å². The number of rotatable bonds is 5. The normalized spacial score (nSPS) is 14.8. The summed E-state index contributed by atoms with van der Waals surface area (Å²) in [6, 6.07) is 6.02. The van der Waals surface area contributed by atoms with E-state index in [1.165, 1.54) is 17.5 Å². The Morgan fingerprint density at radius 1 is 1.26 bits per heavy atom. The van der Waals surface area contributed by atoms with E-state index < -0.39 is 5.97 Å². The van der Waals surface area contributed by atoms with Crippen molar-refractivity contribution in [3.05, 3.63) is 29.3 Å². The Bertz CT molecular complexity index is 496. The van der Waals surface area contributed by atoms with Crippen molar-refractivity contribution in [1.29, 1.82) is 0 Å². The Balaban J connectivity index is 1.90. The van der Waals surface area contributed by atoms with Crippen LogP contribution < -0.4 is 5.32 Å². The lowest BCUT2D eigenvalue weighted by atomic mass is 10.0. The maximum absolute atomic E-state index is 11.8. The molecule has 2 N–H and O–H groups in total. The number of amides is 1. The standard InChI is InChI=1S/C15H19NO3/c1-10(8-15(18)19)7-14(17)16-13-6-5-11-3-2-4-12(11)9-13/h5-6,9-10H,2-4,7-8H2,1H3,(H,16,17)(H,18,19). The molecule has 0 bridgehead atoms. The van der Waals surface area contributed by atoms with Crippen LogP contribution >= 0.6 is 0 Å². The average molecular weight is 261 g/mol. The summed E-state index contributed by atoms with van der Waals surface area (Å²) in [5, 5.41) is 11.5. The van der Waals surface area contributed by atoms with E-state index in [1.807, 2.05) is 12.1 Å². The zero-order chi connectivity index (χ0) is 13.8. The fourth-order valence-electron chi connectivity index (χ4n) is 2.55. The molecule has 1 unspecified atom stereocenters. The number of aliphatic carboxylic acids is 1. The Morgan fingerprint density at radius 2 is 2.00 bits per heavy atom. The van der Waals surface area contributed by atoms with Crippen LogP contribution in [0, 0.1) is 5.92 Å². The van der Waals surface area contributed by atoms with Crippen LogP contribution in [0.1, 0.15) is 37.3 Å². The SMILES string of the molecule is CC(CC(=O)O)CC(=O)Nc1ccc2c(c1)CCC2. The first-order chi connectivity index (χ1) is 9.04. The lowest BCUT2D eigenvalue weighted by molar-refractivity contribution is -0.138. The van der Waals surface area contributed by atoms with Gasteiger partial charge in [0, 0.05) is 18.5 Å². The quantitative estimate of drug-likeness (QED) is 0.856. The van der Waals surface area contributed by atoms with Crippen molar-refractivity contribution in [3.8, 4) is 0 Å². The highest BCUT2D eigenvalue weighted by molar-refractivity contribution is 5.91. The van der Waals surface area contributed by atoms with Crippen molar-refractivity contribution in [2.24, 2.45) is 5.92 Å². The first-order valence-corrected chi connectivity index (χ1v) is 6.68. The van der Waals surface area contributed by atoms with Crippen molar-refractivity contribution in [2.45, 2.75) is 39.0 Å². The predicted octanol–water partition coefficient (Wildman–Crippen LogP) is 2.61. The van der Waals surface area contributed by atoms with Gasteiger partial charge in [-0.15, -0.1) is 0 Å². The fraction of sp³-hybridized carbons (Fsp3) is 0.467. The zero-order valence-corrected chi connectivity index (χ0v) is 11.1. The van der Waals surface area contributed by atoms with Crippen molar-refractivity contribution in [2.75, 3.05) is 5.32 Å². The molecule has 102 valence electrons. The molecule has 0 saturated carbocycles. The van der Waals surface area contributed by atoms with Gasteiger partial charge < -0.3 is 10.4 Å². The van der Waals surface area contributed by atoms with Gasteiger partial charge in [0.15, 0.2) is 0 Å². The summed E-state index contributed by atoms with van der Waals surface area (Å²) in [4.78, 5) is 22.3. The van der Waals surface area contributed by atoms with Gasteiger partial charge in [-0.3, -0.25) is 9.59 Å². The number of carboxylic acids is 1. The molecule has 0 heterocycles. The largest absolute Gasteiger partial charge is 0.481 e. The van der Waals surface area contributed by atoms with E-state index in [4.69, 9.17) is 5.11 Å². The lowest BCUT2D eigenvalue weighted by Gasteiger charge is -2.10. The van der Waals surface area contributed by atoms with Gasteiger partial charge in [-0.2, -0.15) is 0 Å². The number of nitrogens with one attached hydrogen (secondary N) is 1. The highest BCUT2D eigenvalue weighted by Crippen LogP contribution is 2.25. The first-order valence-electron chi connectivity index (χ1n) is 6.68. The molecule has 1 amide bonds. The molecule has 1 aromatic rings. The third-order valence-corrected chi connectivity index (χ3v) is 3.44. The van der Waals surface area contributed by atoms with Gasteiger partial charge in [0.25, 0.3) is 0 Å². The Morgan fingerprint density at radius 3 is 2.74 bits per heavy atom. The number of carbonyl (C=O) groups is 2. The van der Waals surface area contributed by atoms with Gasteiger partial charge >= 0.3 is 5.97 Å². The van der Waals surface area contributed by atoms with Gasteiger partial charge in [0.05, 0.1) is 0 Å². The Labute approximate surface area is 112 Å². The molecule has 1 aromatic carbocycles. The van der Waals surface area contributed by atoms with Gasteiger partial charge in [-0.1, -0.05) is 13.0 Å². The Hall–Kier alpha value is -1.84. The van der Waals surface area contributed by atoms with E-state index in [0.717, 1.165) is 18.5 Å². The topological polar surface area (TPSA) is 66.4 Å². The number of carbonyl (C=O) groups excluding carboxylic acids is 1. The molecule has 0 aromatic heterocycles. The molecule has 0 radical (unpaired) electrons. The highest BCUT2D eigenvalue weighted by atomic mass is 16.4. The molecule has 0 saturated heterocycles. The number of carboxylic acid groups (broad SMARTS) is 1. The molecule has 0 fully saturated rings. The zero-order valence-electron chi connectivity index (χ0n) is 11.1. The van der Waals surface area contributed by atoms with Crippen molar-refractivity contribution < 1.29 is 14.7 Å². The summed E-state index contributed by atoms with van der Waals surface area (Å²) in [5.41, 5.74) is 3.50. The summed E-state index contributed by atoms with van der Waals surface area (Å²) < 4.78 is 0. The summed E-state index contributed by atoms with van der Waals surface area (Å²) in [6.07, 6.45) is 3.65. The number of hydrogen-bond donors (Lipinski definition) is 2. The van der Waals surface area contributed by atoms with Crippen LogP contribution in [-0.2, 0) is 22.4 Å². The molecule has 0 aliphatic heterocycles. The third kappa shape index (κ3) is 3.81. The number of hydrogen-bond acceptors (Lipinski definition) is 2. The number of fused-ring (bicyclic) bond motifs is 1. The number of aryl methyl sites for hydroxylation is 2. The maximum Gasteiger partial charge on any atom is 0.303 e. The van der Waals surface area contributed by atoms with Gasteiger partial charge in [-0.05, 0) is 48.4 Å². The van der Waals surface area contributed by atoms with Crippen molar-refractivity contribution in [1.82, 2.24) is 0 Å². The minimum Gasteiger partial charge on any atom is -0.481 e. The van der Waals surface area contributed by atoms with E-state index in [1.54, 1.807) is 6.92 Å². The second-order valence-corrected chi connectivity index (χ2v) is 5.29. The maximum atomic E-state index is 11.8. The van der Waals surface area contributed by atoms with E-state index in [0.29, 0.717) is 0 Å². The monoisotopic (exact) mass is 261 g/mol. The third-order valence-electron chi connectivity index (χ3n) is 3.44. The van der Waals surface area contributed by atoms with Crippen LogP contribution in [0.15, 0.2) is 18.2 Å². The molecule has 2 rings (SSSR count). The second-order valence-electron chi connectivity index (χ2n) is 5.29. The molecule has 1 aliphatic rings. The summed E-state index contributed by atoms with van der Waals surface area (Å²) in [6.45, 7) is 1.77. The highest BCUT2D eigenvalue weighted by Gasteiger charge is 2.14. The minimum absolute atomic E-state index is 0.0254. The smallest absolute Gasteiger partial charge is 0.303 e. The predicted molar refractivity (Wildman–Crippen MR) is 73.1 cm³/mol. The first kappa shape index (κ1) is 13.6. The van der Waals surface area contributed by atoms with Crippen LogP contribution in [0.4, 0.5) is 5.69 Å². The Kier molecular flexibility index (Phi) is 4.20. The van der Waals surface area contributed by atoms with Crippen LogP contribution in [-0.4, -0.2) is 17.0 Å². The van der Waals surface area contributed by atoms with Crippen LogP contribution in [0.2, 0.25) is 0 Å². The van der Waals surface area contributed by atoms with Crippen LogP contribution in [0.5, 0.6) is 0 Å². The number of benzene rings is 1. The van der Waals surface area contributed by atoms with Crippen molar-refractivity contribution >= 4 is 17.6 Å². The molecular formula is C15H19NO3. The molecule has 1 aliphatic carbocycles. The van der Waals surface area contributed by atoms with E-state index in [9.17, 15) is 9.59 Å². The van der Waals surface area contributed by atoms with E-state index >= 15 is 0 Å². The van der Waals surface area contributed by atoms with E-state index in [-0.39, 0.29) is 24.7 Å². The summed E-state index contributed by atoms with van der Waals surface area (Å²) in [7, 11) is 0. The molecule has 1 atom stereocenters. The minimum atomic E-state index is -0.863. The van der Waals surface area contributed by atoms with Gasteiger partial charge in [0.2, 0.25) is 5.91 Å². The second kappa shape index (κ2) is 5.87. The summed E-state index contributed by atoms with van der Waals surface area (Å²) >= 11 is 0. The molecular weight excluding hydrogens is 242 g/mol. The van der Waals surface area contributed by atoms with Crippen LogP contribution in [0.25, 0.3) is 0 Å². The molecule has 0 spiro atoms.